The largest absolute Gasteiger partial charge is 0.489 e. The first-order chi connectivity index (χ1) is 10.6. The molecule has 116 valence electrons. The fourth-order valence-electron chi connectivity index (χ4n) is 2.57. The van der Waals surface area contributed by atoms with Gasteiger partial charge < -0.3 is 9.64 Å². The molecule has 7 heteroatoms. The summed E-state index contributed by atoms with van der Waals surface area (Å²) in [4.78, 5) is 18.3. The van der Waals surface area contributed by atoms with Gasteiger partial charge in [0.2, 0.25) is 5.91 Å². The summed E-state index contributed by atoms with van der Waals surface area (Å²) in [5, 5.41) is 4.64. The van der Waals surface area contributed by atoms with Crippen LogP contribution in [-0.2, 0) is 11.3 Å². The van der Waals surface area contributed by atoms with Crippen molar-refractivity contribution in [2.75, 3.05) is 11.5 Å². The number of hydrogen-bond acceptors (Lipinski definition) is 4. The second kappa shape index (κ2) is 6.36. The van der Waals surface area contributed by atoms with Crippen LogP contribution in [0.3, 0.4) is 0 Å². The fourth-order valence-corrected chi connectivity index (χ4v) is 2.73. The molecule has 0 bridgehead atoms. The molecule has 1 atom stereocenters. The van der Waals surface area contributed by atoms with Crippen molar-refractivity contribution in [2.45, 2.75) is 32.4 Å². The Morgan fingerprint density at radius 2 is 2.36 bits per heavy atom. The van der Waals surface area contributed by atoms with Gasteiger partial charge in [-0.2, -0.15) is 5.10 Å². The Balaban J connectivity index is 1.69. The van der Waals surface area contributed by atoms with E-state index in [1.807, 2.05) is 13.0 Å². The van der Waals surface area contributed by atoms with Gasteiger partial charge in [0.15, 0.2) is 0 Å². The minimum absolute atomic E-state index is 0.00699. The van der Waals surface area contributed by atoms with E-state index >= 15 is 0 Å². The SMILES string of the molecule is CC1COc2cc(Cl)ccc2N1C(=O)CCCn1cncn1. The molecule has 22 heavy (non-hydrogen) atoms. The number of aromatic nitrogens is 3. The lowest BCUT2D eigenvalue weighted by Crippen LogP contribution is -2.45. The van der Waals surface area contributed by atoms with Crippen LogP contribution in [0.2, 0.25) is 5.02 Å². The molecular weight excluding hydrogens is 304 g/mol. The average Bonchev–Trinajstić information content (AvgIpc) is 3.00. The molecule has 6 nitrogen and oxygen atoms in total. The first kappa shape index (κ1) is 14.8. The van der Waals surface area contributed by atoms with E-state index < -0.39 is 0 Å². The number of hydrogen-bond donors (Lipinski definition) is 0. The van der Waals surface area contributed by atoms with Crippen LogP contribution in [0.4, 0.5) is 5.69 Å². The Bertz CT molecular complexity index is 660. The molecule has 1 aromatic carbocycles. The molecule has 1 aliphatic heterocycles. The quantitative estimate of drug-likeness (QED) is 0.868. The van der Waals surface area contributed by atoms with Gasteiger partial charge in [-0.05, 0) is 25.5 Å². The third-order valence-electron chi connectivity index (χ3n) is 3.62. The number of rotatable bonds is 4. The minimum Gasteiger partial charge on any atom is -0.489 e. The van der Waals surface area contributed by atoms with Gasteiger partial charge in [-0.1, -0.05) is 11.6 Å². The molecule has 3 rings (SSSR count). The van der Waals surface area contributed by atoms with Crippen LogP contribution in [0.5, 0.6) is 5.75 Å². The van der Waals surface area contributed by atoms with E-state index in [9.17, 15) is 4.79 Å². The molecule has 1 amide bonds. The van der Waals surface area contributed by atoms with E-state index in [4.69, 9.17) is 16.3 Å². The number of carbonyl (C=O) groups excluding carboxylic acids is 1. The minimum atomic E-state index is 0.00699. The zero-order valence-electron chi connectivity index (χ0n) is 12.3. The highest BCUT2D eigenvalue weighted by Gasteiger charge is 2.29. The predicted molar refractivity (Wildman–Crippen MR) is 83.2 cm³/mol. The van der Waals surface area contributed by atoms with Crippen molar-refractivity contribution in [3.05, 3.63) is 35.9 Å². The van der Waals surface area contributed by atoms with E-state index in [2.05, 4.69) is 10.1 Å². The van der Waals surface area contributed by atoms with Crippen molar-refractivity contribution in [2.24, 2.45) is 0 Å². The second-order valence-electron chi connectivity index (χ2n) is 5.30. The molecule has 0 fully saturated rings. The number of ether oxygens (including phenoxy) is 1. The van der Waals surface area contributed by atoms with Gasteiger partial charge in [0.05, 0.1) is 11.7 Å². The highest BCUT2D eigenvalue weighted by atomic mass is 35.5. The lowest BCUT2D eigenvalue weighted by atomic mass is 10.1. The summed E-state index contributed by atoms with van der Waals surface area (Å²) in [5.41, 5.74) is 0.786. The molecule has 2 heterocycles. The average molecular weight is 321 g/mol. The number of carbonyl (C=O) groups is 1. The molecular formula is C15H17ClN4O2. The second-order valence-corrected chi connectivity index (χ2v) is 5.73. The highest BCUT2D eigenvalue weighted by Crippen LogP contribution is 2.36. The van der Waals surface area contributed by atoms with E-state index in [1.54, 1.807) is 28.0 Å². The molecule has 0 spiro atoms. The summed E-state index contributed by atoms with van der Waals surface area (Å²) in [5.74, 6) is 0.745. The van der Waals surface area contributed by atoms with Gasteiger partial charge in [-0.3, -0.25) is 9.48 Å². The van der Waals surface area contributed by atoms with Crippen molar-refractivity contribution in [3.8, 4) is 5.75 Å². The Morgan fingerprint density at radius 1 is 1.50 bits per heavy atom. The summed E-state index contributed by atoms with van der Waals surface area (Å²) in [6, 6.07) is 5.37. The molecule has 0 radical (unpaired) electrons. The topological polar surface area (TPSA) is 60.2 Å². The van der Waals surface area contributed by atoms with E-state index in [1.165, 1.54) is 6.33 Å². The molecule has 1 aromatic heterocycles. The summed E-state index contributed by atoms with van der Waals surface area (Å²) >= 11 is 5.98. The summed E-state index contributed by atoms with van der Waals surface area (Å²) in [6.45, 7) is 3.13. The molecule has 1 aliphatic rings. The highest BCUT2D eigenvalue weighted by molar-refractivity contribution is 6.30. The number of nitrogens with zero attached hydrogens (tertiary/aromatic N) is 4. The zero-order valence-corrected chi connectivity index (χ0v) is 13.0. The summed E-state index contributed by atoms with van der Waals surface area (Å²) in [7, 11) is 0. The first-order valence-corrected chi connectivity index (χ1v) is 7.60. The normalized spacial score (nSPS) is 17.0. The Morgan fingerprint density at radius 3 is 3.14 bits per heavy atom. The Hall–Kier alpha value is -2.08. The van der Waals surface area contributed by atoms with Crippen molar-refractivity contribution in [3.63, 3.8) is 0 Å². The monoisotopic (exact) mass is 320 g/mol. The van der Waals surface area contributed by atoms with Crippen LogP contribution in [-0.4, -0.2) is 33.3 Å². The third kappa shape index (κ3) is 3.06. The maximum absolute atomic E-state index is 12.6. The van der Waals surface area contributed by atoms with Crippen molar-refractivity contribution < 1.29 is 9.53 Å². The lowest BCUT2D eigenvalue weighted by Gasteiger charge is -2.35. The zero-order chi connectivity index (χ0) is 15.5. The van der Waals surface area contributed by atoms with Crippen LogP contribution in [0, 0.1) is 0 Å². The third-order valence-corrected chi connectivity index (χ3v) is 3.85. The van der Waals surface area contributed by atoms with E-state index in [-0.39, 0.29) is 11.9 Å². The van der Waals surface area contributed by atoms with Gasteiger partial charge >= 0.3 is 0 Å². The number of fused-ring (bicyclic) bond motifs is 1. The summed E-state index contributed by atoms with van der Waals surface area (Å²) in [6.07, 6.45) is 4.31. The van der Waals surface area contributed by atoms with E-state index in [0.717, 1.165) is 12.1 Å². The predicted octanol–water partition coefficient (Wildman–Crippen LogP) is 2.53. The smallest absolute Gasteiger partial charge is 0.227 e. The maximum atomic E-state index is 12.6. The Kier molecular flexibility index (Phi) is 4.29. The van der Waals surface area contributed by atoms with Gasteiger partial charge in [0.25, 0.3) is 0 Å². The lowest BCUT2D eigenvalue weighted by molar-refractivity contribution is -0.119. The Labute approximate surface area is 133 Å². The number of benzene rings is 1. The van der Waals surface area contributed by atoms with Crippen LogP contribution in [0.25, 0.3) is 0 Å². The number of aryl methyl sites for hydroxylation is 1. The van der Waals surface area contributed by atoms with Gasteiger partial charge in [-0.25, -0.2) is 4.98 Å². The standard InChI is InChI=1S/C15H17ClN4O2/c1-11-8-22-14-7-12(16)4-5-13(14)20(11)15(21)3-2-6-19-10-17-9-18-19/h4-5,7,9-11H,2-3,6,8H2,1H3. The van der Waals surface area contributed by atoms with Crippen molar-refractivity contribution in [1.29, 1.82) is 0 Å². The maximum Gasteiger partial charge on any atom is 0.227 e. The van der Waals surface area contributed by atoms with Crippen molar-refractivity contribution in [1.82, 2.24) is 14.8 Å². The van der Waals surface area contributed by atoms with Crippen molar-refractivity contribution >= 4 is 23.2 Å². The van der Waals surface area contributed by atoms with Gasteiger partial charge in [0.1, 0.15) is 25.0 Å². The van der Waals surface area contributed by atoms with E-state index in [0.29, 0.717) is 30.3 Å². The molecule has 0 N–H and O–H groups in total. The van der Waals surface area contributed by atoms with Crippen LogP contribution in [0.15, 0.2) is 30.9 Å². The number of anilines is 1. The molecule has 2 aromatic rings. The molecule has 1 unspecified atom stereocenters. The number of amides is 1. The van der Waals surface area contributed by atoms with Gasteiger partial charge in [-0.15, -0.1) is 0 Å². The first-order valence-electron chi connectivity index (χ1n) is 7.22. The fraction of sp³-hybridized carbons (Fsp3) is 0.400. The molecule has 0 aliphatic carbocycles. The number of halogens is 1. The van der Waals surface area contributed by atoms with Crippen LogP contribution in [0.1, 0.15) is 19.8 Å². The van der Waals surface area contributed by atoms with Crippen LogP contribution >= 0.6 is 11.6 Å². The van der Waals surface area contributed by atoms with Crippen LogP contribution < -0.4 is 9.64 Å². The molecule has 0 saturated heterocycles. The molecule has 0 saturated carbocycles. The summed E-state index contributed by atoms with van der Waals surface area (Å²) < 4.78 is 7.39. The van der Waals surface area contributed by atoms with Gasteiger partial charge in [0, 0.05) is 24.1 Å².